The van der Waals surface area contributed by atoms with Gasteiger partial charge in [0.2, 0.25) is 0 Å². The summed E-state index contributed by atoms with van der Waals surface area (Å²) < 4.78 is 0. The van der Waals surface area contributed by atoms with Gasteiger partial charge in [0.05, 0.1) is 0 Å². The van der Waals surface area contributed by atoms with E-state index in [9.17, 15) is 0 Å². The molecule has 5 unspecified atom stereocenters. The van der Waals surface area contributed by atoms with Crippen molar-refractivity contribution in [2.45, 2.75) is 54.4 Å². The van der Waals surface area contributed by atoms with Gasteiger partial charge < -0.3 is 0 Å². The summed E-state index contributed by atoms with van der Waals surface area (Å²) in [6.45, 7) is 14.8. The van der Waals surface area contributed by atoms with Gasteiger partial charge in [-0.3, -0.25) is 0 Å². The number of rotatable bonds is 1. The zero-order valence-corrected chi connectivity index (χ0v) is 10.7. The van der Waals surface area contributed by atoms with Gasteiger partial charge in [0.1, 0.15) is 0 Å². The summed E-state index contributed by atoms with van der Waals surface area (Å²) in [5.74, 6) is 3.93. The van der Waals surface area contributed by atoms with Crippen LogP contribution >= 0.6 is 0 Å². The molecule has 0 amide bonds. The van der Waals surface area contributed by atoms with Crippen LogP contribution in [0.1, 0.15) is 54.4 Å². The zero-order chi connectivity index (χ0) is 10.7. The standard InChI is InChI=1S/C14H26/c1-7-14(6)10(3)12-9(2)13(4,5)8-11(12)14/h9-12H,7-8H2,1-6H3. The average molecular weight is 194 g/mol. The Labute approximate surface area is 89.5 Å². The fraction of sp³-hybridized carbons (Fsp3) is 1.00. The second-order valence-corrected chi connectivity index (χ2v) is 6.81. The Bertz CT molecular complexity index is 240. The van der Waals surface area contributed by atoms with E-state index < -0.39 is 0 Å². The number of fused-ring (bicyclic) bond motifs is 1. The predicted octanol–water partition coefficient (Wildman–Crippen LogP) is 4.35. The Balaban J connectivity index is 2.24. The topological polar surface area (TPSA) is 0 Å². The van der Waals surface area contributed by atoms with Crippen LogP contribution in [0.25, 0.3) is 0 Å². The Morgan fingerprint density at radius 1 is 1.07 bits per heavy atom. The fourth-order valence-electron chi connectivity index (χ4n) is 4.46. The SMILES string of the molecule is CCC1(C)C(C)C2C(C)C(C)(C)CC21. The molecule has 0 saturated heterocycles. The summed E-state index contributed by atoms with van der Waals surface area (Å²) in [6, 6.07) is 0. The first-order chi connectivity index (χ1) is 6.34. The molecule has 0 aromatic carbocycles. The monoisotopic (exact) mass is 194 g/mol. The summed E-state index contributed by atoms with van der Waals surface area (Å²) in [4.78, 5) is 0. The van der Waals surface area contributed by atoms with Crippen molar-refractivity contribution in [2.24, 2.45) is 34.5 Å². The van der Waals surface area contributed by atoms with Crippen LogP contribution in [0.15, 0.2) is 0 Å². The molecule has 0 aromatic heterocycles. The van der Waals surface area contributed by atoms with Crippen molar-refractivity contribution < 1.29 is 0 Å². The van der Waals surface area contributed by atoms with Crippen LogP contribution in [0.4, 0.5) is 0 Å². The van der Waals surface area contributed by atoms with Crippen LogP contribution in [0, 0.1) is 34.5 Å². The van der Waals surface area contributed by atoms with E-state index in [4.69, 9.17) is 0 Å². The van der Waals surface area contributed by atoms with Gasteiger partial charge in [-0.1, -0.05) is 48.0 Å². The molecule has 0 nitrogen and oxygen atoms in total. The number of hydrogen-bond donors (Lipinski definition) is 0. The molecule has 0 aliphatic heterocycles. The molecular formula is C14H26. The van der Waals surface area contributed by atoms with Gasteiger partial charge in [-0.2, -0.15) is 0 Å². The lowest BCUT2D eigenvalue weighted by atomic mass is 9.47. The van der Waals surface area contributed by atoms with Crippen molar-refractivity contribution in [3.8, 4) is 0 Å². The maximum absolute atomic E-state index is 2.52. The minimum Gasteiger partial charge on any atom is -0.0648 e. The lowest BCUT2D eigenvalue weighted by molar-refractivity contribution is -0.0981. The quantitative estimate of drug-likeness (QED) is 0.582. The molecule has 2 aliphatic carbocycles. The average Bonchev–Trinajstić information content (AvgIpc) is 2.36. The maximum atomic E-state index is 2.52. The fourth-order valence-corrected chi connectivity index (χ4v) is 4.46. The Hall–Kier alpha value is 0. The zero-order valence-electron chi connectivity index (χ0n) is 10.7. The molecule has 2 rings (SSSR count). The summed E-state index contributed by atoms with van der Waals surface area (Å²) in [5.41, 5.74) is 1.25. The van der Waals surface area contributed by atoms with Crippen molar-refractivity contribution in [2.75, 3.05) is 0 Å². The van der Waals surface area contributed by atoms with Crippen LogP contribution in [0.3, 0.4) is 0 Å². The molecule has 0 aromatic rings. The largest absolute Gasteiger partial charge is 0.0648 e. The van der Waals surface area contributed by atoms with Gasteiger partial charge in [-0.25, -0.2) is 0 Å². The Morgan fingerprint density at radius 3 is 2.14 bits per heavy atom. The van der Waals surface area contributed by atoms with E-state index in [0.29, 0.717) is 10.8 Å². The first-order valence-corrected chi connectivity index (χ1v) is 6.34. The van der Waals surface area contributed by atoms with Crippen molar-refractivity contribution in [1.82, 2.24) is 0 Å². The van der Waals surface area contributed by atoms with E-state index in [0.717, 1.165) is 23.7 Å². The molecule has 0 N–H and O–H groups in total. The molecule has 5 atom stereocenters. The smallest absolute Gasteiger partial charge is 0.0269 e. The van der Waals surface area contributed by atoms with E-state index in [1.54, 1.807) is 0 Å². The lowest BCUT2D eigenvalue weighted by Crippen LogP contribution is -2.52. The minimum atomic E-state index is 0.594. The summed E-state index contributed by atoms with van der Waals surface area (Å²) in [5, 5.41) is 0. The molecular weight excluding hydrogens is 168 g/mol. The molecule has 0 spiro atoms. The molecule has 0 heterocycles. The molecule has 2 aliphatic rings. The van der Waals surface area contributed by atoms with Gasteiger partial charge in [0, 0.05) is 0 Å². The van der Waals surface area contributed by atoms with Crippen molar-refractivity contribution >= 4 is 0 Å². The summed E-state index contributed by atoms with van der Waals surface area (Å²) >= 11 is 0. The van der Waals surface area contributed by atoms with E-state index in [1.165, 1.54) is 12.8 Å². The summed E-state index contributed by atoms with van der Waals surface area (Å²) in [7, 11) is 0. The third-order valence-electron chi connectivity index (χ3n) is 6.25. The highest BCUT2D eigenvalue weighted by Crippen LogP contribution is 2.70. The molecule has 14 heavy (non-hydrogen) atoms. The highest BCUT2D eigenvalue weighted by Gasteiger charge is 2.63. The van der Waals surface area contributed by atoms with Crippen molar-refractivity contribution in [1.29, 1.82) is 0 Å². The predicted molar refractivity (Wildman–Crippen MR) is 62.1 cm³/mol. The molecule has 0 bridgehead atoms. The molecule has 82 valence electrons. The molecule has 0 radical (unpaired) electrons. The first kappa shape index (κ1) is 10.5. The highest BCUT2D eigenvalue weighted by molar-refractivity contribution is 5.11. The van der Waals surface area contributed by atoms with Gasteiger partial charge in [0.25, 0.3) is 0 Å². The third kappa shape index (κ3) is 1.01. The van der Waals surface area contributed by atoms with E-state index >= 15 is 0 Å². The second kappa shape index (κ2) is 2.77. The van der Waals surface area contributed by atoms with E-state index in [1.807, 2.05) is 0 Å². The second-order valence-electron chi connectivity index (χ2n) is 6.81. The van der Waals surface area contributed by atoms with Crippen LogP contribution in [-0.4, -0.2) is 0 Å². The normalized spacial score (nSPS) is 55.3. The maximum Gasteiger partial charge on any atom is -0.0269 e. The van der Waals surface area contributed by atoms with Crippen LogP contribution < -0.4 is 0 Å². The van der Waals surface area contributed by atoms with E-state index in [2.05, 4.69) is 41.5 Å². The van der Waals surface area contributed by atoms with Crippen molar-refractivity contribution in [3.05, 3.63) is 0 Å². The minimum absolute atomic E-state index is 0.594. The van der Waals surface area contributed by atoms with Gasteiger partial charge in [0.15, 0.2) is 0 Å². The van der Waals surface area contributed by atoms with Crippen molar-refractivity contribution in [3.63, 3.8) is 0 Å². The Kier molecular flexibility index (Phi) is 2.08. The lowest BCUT2D eigenvalue weighted by Gasteiger charge is -2.58. The van der Waals surface area contributed by atoms with Crippen LogP contribution in [0.2, 0.25) is 0 Å². The highest BCUT2D eigenvalue weighted by atomic mass is 14.7. The van der Waals surface area contributed by atoms with Gasteiger partial charge in [-0.15, -0.1) is 0 Å². The van der Waals surface area contributed by atoms with Crippen LogP contribution in [-0.2, 0) is 0 Å². The van der Waals surface area contributed by atoms with Gasteiger partial charge >= 0.3 is 0 Å². The van der Waals surface area contributed by atoms with E-state index in [-0.39, 0.29) is 0 Å². The molecule has 2 saturated carbocycles. The van der Waals surface area contributed by atoms with Crippen LogP contribution in [0.5, 0.6) is 0 Å². The third-order valence-corrected chi connectivity index (χ3v) is 6.25. The Morgan fingerprint density at radius 2 is 1.64 bits per heavy atom. The molecule has 2 fully saturated rings. The number of hydrogen-bond acceptors (Lipinski definition) is 0. The molecule has 0 heteroatoms. The van der Waals surface area contributed by atoms with Gasteiger partial charge in [-0.05, 0) is 40.9 Å². The summed E-state index contributed by atoms with van der Waals surface area (Å²) in [6.07, 6.45) is 2.84. The first-order valence-electron chi connectivity index (χ1n) is 6.34.